The van der Waals surface area contributed by atoms with E-state index in [4.69, 9.17) is 4.74 Å². The maximum Gasteiger partial charge on any atom is 0.137 e. The first-order chi connectivity index (χ1) is 14.5. The summed E-state index contributed by atoms with van der Waals surface area (Å²) in [5.41, 5.74) is 3.74. The Morgan fingerprint density at radius 1 is 1.17 bits per heavy atom. The fraction of sp³-hybridized carbons (Fsp3) is 0.480. The lowest BCUT2D eigenvalue weighted by atomic mass is 9.80. The molecule has 158 valence electrons. The van der Waals surface area contributed by atoms with Crippen molar-refractivity contribution in [2.24, 2.45) is 0 Å². The minimum Gasteiger partial charge on any atom is -0.496 e. The molecule has 5 heteroatoms. The lowest BCUT2D eigenvalue weighted by Crippen LogP contribution is -2.49. The molecule has 3 aromatic rings. The van der Waals surface area contributed by atoms with Crippen LogP contribution in [0, 0.1) is 0 Å². The maximum absolute atomic E-state index is 11.7. The van der Waals surface area contributed by atoms with Gasteiger partial charge in [-0.25, -0.2) is 4.98 Å². The Kier molecular flexibility index (Phi) is 4.83. The lowest BCUT2D eigenvalue weighted by Gasteiger charge is -2.44. The Morgan fingerprint density at radius 3 is 2.60 bits per heavy atom. The van der Waals surface area contributed by atoms with Crippen molar-refractivity contribution in [1.29, 1.82) is 0 Å². The number of ether oxygens (including phenoxy) is 1. The van der Waals surface area contributed by atoms with Gasteiger partial charge < -0.3 is 14.8 Å². The van der Waals surface area contributed by atoms with Gasteiger partial charge in [-0.15, -0.1) is 0 Å². The van der Waals surface area contributed by atoms with Crippen LogP contribution in [0.15, 0.2) is 42.6 Å². The Morgan fingerprint density at radius 2 is 1.90 bits per heavy atom. The van der Waals surface area contributed by atoms with Gasteiger partial charge in [-0.2, -0.15) is 0 Å². The van der Waals surface area contributed by atoms with E-state index in [2.05, 4.69) is 34.8 Å². The minimum absolute atomic E-state index is 0.375. The summed E-state index contributed by atoms with van der Waals surface area (Å²) in [7, 11) is 1.68. The highest BCUT2D eigenvalue weighted by atomic mass is 16.5. The average molecular weight is 406 g/mol. The second-order valence-corrected chi connectivity index (χ2v) is 9.27. The van der Waals surface area contributed by atoms with Gasteiger partial charge in [-0.05, 0) is 55.4 Å². The van der Waals surface area contributed by atoms with Crippen molar-refractivity contribution >= 4 is 11.0 Å². The van der Waals surface area contributed by atoms with Gasteiger partial charge in [0.1, 0.15) is 11.4 Å². The molecule has 2 bridgehead atoms. The molecular weight excluding hydrogens is 374 g/mol. The van der Waals surface area contributed by atoms with Crippen molar-refractivity contribution in [2.75, 3.05) is 7.11 Å². The molecule has 2 fully saturated rings. The smallest absolute Gasteiger partial charge is 0.137 e. The van der Waals surface area contributed by atoms with Gasteiger partial charge in [-0.1, -0.05) is 32.0 Å². The first kappa shape index (κ1) is 19.6. The first-order valence-corrected chi connectivity index (χ1v) is 11.1. The number of hydrogen-bond acceptors (Lipinski definition) is 4. The number of para-hydroxylation sites is 1. The van der Waals surface area contributed by atoms with Crippen LogP contribution in [-0.2, 0) is 12.1 Å². The topological polar surface area (TPSA) is 61.4 Å². The van der Waals surface area contributed by atoms with Gasteiger partial charge in [0.25, 0.3) is 0 Å². The second-order valence-electron chi connectivity index (χ2n) is 9.27. The van der Waals surface area contributed by atoms with Gasteiger partial charge >= 0.3 is 0 Å². The molecule has 0 saturated carbocycles. The standard InChI is InChI=1S/C25H31N3O2/c1-16(2)23-20(19-7-6-12-26-24(19)27-23)15-28-17-10-11-18(28)14-25(29,13-17)21-8-4-5-9-22(21)30-3/h4-9,12,16-18,29H,10-11,13-15H2,1-3H3,(H,26,27). The fourth-order valence-electron chi connectivity index (χ4n) is 5.77. The molecule has 0 aliphatic carbocycles. The van der Waals surface area contributed by atoms with Crippen molar-refractivity contribution in [3.8, 4) is 5.75 Å². The molecule has 2 unspecified atom stereocenters. The van der Waals surface area contributed by atoms with Crippen LogP contribution in [0.3, 0.4) is 0 Å². The molecule has 4 heterocycles. The van der Waals surface area contributed by atoms with Crippen molar-refractivity contribution in [3.63, 3.8) is 0 Å². The molecule has 5 nitrogen and oxygen atoms in total. The number of aromatic nitrogens is 2. The minimum atomic E-state index is -0.822. The summed E-state index contributed by atoms with van der Waals surface area (Å²) in [5, 5.41) is 12.9. The van der Waals surface area contributed by atoms with E-state index in [1.165, 1.54) is 16.6 Å². The molecule has 1 aromatic carbocycles. The number of nitrogens with zero attached hydrogens (tertiary/aromatic N) is 2. The van der Waals surface area contributed by atoms with E-state index in [1.807, 2.05) is 36.5 Å². The summed E-state index contributed by atoms with van der Waals surface area (Å²) in [6.07, 6.45) is 5.63. The van der Waals surface area contributed by atoms with Crippen LogP contribution < -0.4 is 4.74 Å². The average Bonchev–Trinajstić information content (AvgIpc) is 3.24. The number of rotatable bonds is 5. The quantitative estimate of drug-likeness (QED) is 0.645. The molecule has 2 aliphatic heterocycles. The Balaban J connectivity index is 1.46. The van der Waals surface area contributed by atoms with Crippen molar-refractivity contribution < 1.29 is 9.84 Å². The van der Waals surface area contributed by atoms with Gasteiger partial charge in [0.05, 0.1) is 12.7 Å². The van der Waals surface area contributed by atoms with Crippen LogP contribution in [0.5, 0.6) is 5.75 Å². The van der Waals surface area contributed by atoms with E-state index >= 15 is 0 Å². The highest BCUT2D eigenvalue weighted by molar-refractivity contribution is 5.81. The molecule has 2 aromatic heterocycles. The third-order valence-corrected chi connectivity index (χ3v) is 7.16. The highest BCUT2D eigenvalue weighted by Gasteiger charge is 2.49. The number of nitrogens with one attached hydrogen (secondary N) is 1. The van der Waals surface area contributed by atoms with Gasteiger partial charge in [-0.3, -0.25) is 4.90 Å². The van der Waals surface area contributed by atoms with Crippen LogP contribution >= 0.6 is 0 Å². The predicted octanol–water partition coefficient (Wildman–Crippen LogP) is 4.71. The molecule has 2 aliphatic rings. The van der Waals surface area contributed by atoms with Crippen molar-refractivity contribution in [3.05, 3.63) is 59.4 Å². The van der Waals surface area contributed by atoms with Crippen LogP contribution in [0.25, 0.3) is 11.0 Å². The Bertz CT molecular complexity index is 1040. The number of hydrogen-bond donors (Lipinski definition) is 2. The van der Waals surface area contributed by atoms with Crippen LogP contribution in [0.4, 0.5) is 0 Å². The van der Waals surface area contributed by atoms with E-state index in [9.17, 15) is 5.11 Å². The number of benzene rings is 1. The third-order valence-electron chi connectivity index (χ3n) is 7.16. The van der Waals surface area contributed by atoms with Gasteiger partial charge in [0.15, 0.2) is 0 Å². The van der Waals surface area contributed by atoms with E-state index in [0.29, 0.717) is 18.0 Å². The largest absolute Gasteiger partial charge is 0.496 e. The van der Waals surface area contributed by atoms with Crippen LogP contribution in [0.2, 0.25) is 0 Å². The van der Waals surface area contributed by atoms with Crippen LogP contribution in [0.1, 0.15) is 62.3 Å². The number of methoxy groups -OCH3 is 1. The number of pyridine rings is 1. The number of aliphatic hydroxyl groups is 1. The summed E-state index contributed by atoms with van der Waals surface area (Å²) in [4.78, 5) is 10.7. The van der Waals surface area contributed by atoms with E-state index in [1.54, 1.807) is 7.11 Å². The van der Waals surface area contributed by atoms with Crippen LogP contribution in [-0.4, -0.2) is 39.2 Å². The molecule has 0 radical (unpaired) electrons. The molecule has 2 saturated heterocycles. The SMILES string of the molecule is COc1ccccc1C1(O)CC2CCC(C1)N2Cc1c(C(C)C)[nH]c2ncccc12. The molecule has 0 spiro atoms. The Labute approximate surface area is 178 Å². The third kappa shape index (κ3) is 3.12. The predicted molar refractivity (Wildman–Crippen MR) is 119 cm³/mol. The Hall–Kier alpha value is -2.37. The second kappa shape index (κ2) is 7.40. The molecular formula is C25H31N3O2. The lowest BCUT2D eigenvalue weighted by molar-refractivity contribution is -0.0606. The van der Waals surface area contributed by atoms with Gasteiger partial charge in [0.2, 0.25) is 0 Å². The number of fused-ring (bicyclic) bond motifs is 3. The zero-order valence-electron chi connectivity index (χ0n) is 18.1. The fourth-order valence-corrected chi connectivity index (χ4v) is 5.77. The van der Waals surface area contributed by atoms with Crippen molar-refractivity contribution in [1.82, 2.24) is 14.9 Å². The first-order valence-electron chi connectivity index (χ1n) is 11.1. The zero-order chi connectivity index (χ0) is 20.9. The summed E-state index contributed by atoms with van der Waals surface area (Å²) in [6, 6.07) is 12.9. The maximum atomic E-state index is 11.7. The number of piperidine rings is 1. The normalized spacial score (nSPS) is 26.6. The molecule has 2 atom stereocenters. The molecule has 2 N–H and O–H groups in total. The van der Waals surface area contributed by atoms with E-state index in [-0.39, 0.29) is 0 Å². The van der Waals surface area contributed by atoms with E-state index < -0.39 is 5.60 Å². The van der Waals surface area contributed by atoms with Crippen molar-refractivity contribution in [2.45, 2.75) is 69.7 Å². The number of aromatic amines is 1. The summed E-state index contributed by atoms with van der Waals surface area (Å²) in [6.45, 7) is 5.38. The molecule has 30 heavy (non-hydrogen) atoms. The summed E-state index contributed by atoms with van der Waals surface area (Å²) >= 11 is 0. The number of H-pyrrole nitrogens is 1. The molecule has 5 rings (SSSR count). The molecule has 0 amide bonds. The zero-order valence-corrected chi connectivity index (χ0v) is 18.1. The summed E-state index contributed by atoms with van der Waals surface area (Å²) < 4.78 is 5.57. The van der Waals surface area contributed by atoms with E-state index in [0.717, 1.165) is 49.2 Å². The highest BCUT2D eigenvalue weighted by Crippen LogP contribution is 2.48. The van der Waals surface area contributed by atoms with Gasteiger partial charge in [0, 0.05) is 41.5 Å². The summed E-state index contributed by atoms with van der Waals surface area (Å²) in [5.74, 6) is 1.21. The monoisotopic (exact) mass is 405 g/mol.